The van der Waals surface area contributed by atoms with E-state index >= 15 is 0 Å². The molecule has 26 heavy (non-hydrogen) atoms. The number of carbonyl (C=O) groups excluding carboxylic acids is 1. The van der Waals surface area contributed by atoms with Gasteiger partial charge in [0.05, 0.1) is 0 Å². The predicted octanol–water partition coefficient (Wildman–Crippen LogP) is 3.19. The highest BCUT2D eigenvalue weighted by Gasteiger charge is 2.27. The third-order valence-electron chi connectivity index (χ3n) is 4.54. The quantitative estimate of drug-likeness (QED) is 0.891. The zero-order valence-electron chi connectivity index (χ0n) is 16.0. The zero-order chi connectivity index (χ0) is 18.6. The number of hydrogen-bond acceptors (Lipinski definition) is 5. The van der Waals surface area contributed by atoms with E-state index in [1.54, 1.807) is 0 Å². The maximum atomic E-state index is 12.2. The molecule has 0 spiro atoms. The fourth-order valence-electron chi connectivity index (χ4n) is 3.34. The van der Waals surface area contributed by atoms with E-state index in [-0.39, 0.29) is 6.09 Å². The van der Waals surface area contributed by atoms with Gasteiger partial charge in [-0.05, 0) is 63.8 Å². The van der Waals surface area contributed by atoms with Gasteiger partial charge in [-0.3, -0.25) is 0 Å². The summed E-state index contributed by atoms with van der Waals surface area (Å²) in [6.45, 7) is 10.1. The first-order chi connectivity index (χ1) is 12.4. The molecule has 1 saturated heterocycles. The summed E-state index contributed by atoms with van der Waals surface area (Å²) in [4.78, 5) is 14.1. The molecule has 0 bridgehead atoms. The van der Waals surface area contributed by atoms with Crippen LogP contribution in [0.3, 0.4) is 0 Å². The van der Waals surface area contributed by atoms with Gasteiger partial charge in [0.1, 0.15) is 18.8 Å². The van der Waals surface area contributed by atoms with Gasteiger partial charge in [-0.25, -0.2) is 4.79 Å². The topological polar surface area (TPSA) is 60.0 Å². The van der Waals surface area contributed by atoms with Gasteiger partial charge in [0.2, 0.25) is 0 Å². The van der Waals surface area contributed by atoms with Crippen molar-refractivity contribution in [2.45, 2.75) is 45.8 Å². The first-order valence-corrected chi connectivity index (χ1v) is 9.48. The van der Waals surface area contributed by atoms with Crippen molar-refractivity contribution in [1.29, 1.82) is 0 Å². The Balaban J connectivity index is 1.45. The average Bonchev–Trinajstić information content (AvgIpc) is 2.60. The number of likely N-dealkylation sites (tertiary alicyclic amines) is 1. The maximum Gasteiger partial charge on any atom is 0.410 e. The highest BCUT2D eigenvalue weighted by Crippen LogP contribution is 2.30. The molecule has 0 aromatic heterocycles. The average molecular weight is 362 g/mol. The Morgan fingerprint density at radius 1 is 1.27 bits per heavy atom. The van der Waals surface area contributed by atoms with Crippen molar-refractivity contribution in [3.8, 4) is 11.5 Å². The summed E-state index contributed by atoms with van der Waals surface area (Å²) >= 11 is 0. The number of nitrogens with one attached hydrogen (secondary N) is 1. The van der Waals surface area contributed by atoms with Crippen LogP contribution < -0.4 is 14.8 Å². The van der Waals surface area contributed by atoms with Crippen LogP contribution in [0.5, 0.6) is 11.5 Å². The zero-order valence-corrected chi connectivity index (χ0v) is 16.0. The lowest BCUT2D eigenvalue weighted by Crippen LogP contribution is -2.45. The number of amides is 1. The molecule has 2 heterocycles. The third-order valence-corrected chi connectivity index (χ3v) is 4.54. The number of fused-ring (bicyclic) bond motifs is 1. The summed E-state index contributed by atoms with van der Waals surface area (Å²) in [5, 5.41) is 3.51. The van der Waals surface area contributed by atoms with E-state index in [0.717, 1.165) is 50.5 Å². The van der Waals surface area contributed by atoms with Gasteiger partial charge in [0.15, 0.2) is 11.5 Å². The smallest absolute Gasteiger partial charge is 0.410 e. The largest absolute Gasteiger partial charge is 0.486 e. The van der Waals surface area contributed by atoms with Crippen molar-refractivity contribution in [2.75, 3.05) is 32.8 Å². The molecule has 0 radical (unpaired) electrons. The molecule has 1 fully saturated rings. The number of benzene rings is 1. The van der Waals surface area contributed by atoms with E-state index < -0.39 is 5.60 Å². The molecule has 6 nitrogen and oxygen atoms in total. The molecule has 1 N–H and O–H groups in total. The minimum atomic E-state index is -0.444. The third kappa shape index (κ3) is 5.27. The van der Waals surface area contributed by atoms with Crippen LogP contribution in [0.1, 0.15) is 39.2 Å². The monoisotopic (exact) mass is 362 g/mol. The van der Waals surface area contributed by atoms with Crippen molar-refractivity contribution in [2.24, 2.45) is 5.92 Å². The summed E-state index contributed by atoms with van der Waals surface area (Å²) in [5.41, 5.74) is 0.731. The molecule has 2 aliphatic heterocycles. The second kappa shape index (κ2) is 8.16. The van der Waals surface area contributed by atoms with Gasteiger partial charge in [0.25, 0.3) is 0 Å². The lowest BCUT2D eigenvalue weighted by molar-refractivity contribution is 0.0166. The van der Waals surface area contributed by atoms with Crippen LogP contribution >= 0.6 is 0 Å². The standard InChI is InChI=1S/C20H30N2O4/c1-20(2,3)26-19(23)22-8-4-5-16(14-22)13-21-12-15-6-7-17-18(11-15)25-10-9-24-17/h6-7,11,16,21H,4-5,8-10,12-14H2,1-3H3/t16-/m0/s1. The van der Waals surface area contributed by atoms with E-state index in [1.165, 1.54) is 5.56 Å². The van der Waals surface area contributed by atoms with Crippen molar-refractivity contribution in [3.05, 3.63) is 23.8 Å². The van der Waals surface area contributed by atoms with Crippen molar-refractivity contribution in [3.63, 3.8) is 0 Å². The summed E-state index contributed by atoms with van der Waals surface area (Å²) in [7, 11) is 0. The summed E-state index contributed by atoms with van der Waals surface area (Å²) in [6, 6.07) is 6.07. The molecule has 1 amide bonds. The number of rotatable bonds is 4. The summed E-state index contributed by atoms with van der Waals surface area (Å²) in [5.74, 6) is 2.10. The highest BCUT2D eigenvalue weighted by molar-refractivity contribution is 5.68. The highest BCUT2D eigenvalue weighted by atomic mass is 16.6. The minimum Gasteiger partial charge on any atom is -0.486 e. The summed E-state index contributed by atoms with van der Waals surface area (Å²) in [6.07, 6.45) is 1.96. The van der Waals surface area contributed by atoms with E-state index in [2.05, 4.69) is 11.4 Å². The van der Waals surface area contributed by atoms with Gasteiger partial charge in [-0.15, -0.1) is 0 Å². The molecular formula is C20H30N2O4. The van der Waals surface area contributed by atoms with Crippen LogP contribution in [0, 0.1) is 5.92 Å². The molecule has 6 heteroatoms. The van der Waals surface area contributed by atoms with Crippen LogP contribution in [-0.4, -0.2) is 49.4 Å². The lowest BCUT2D eigenvalue weighted by Gasteiger charge is -2.34. The van der Waals surface area contributed by atoms with E-state index in [1.807, 2.05) is 37.8 Å². The van der Waals surface area contributed by atoms with Crippen LogP contribution in [0.2, 0.25) is 0 Å². The first-order valence-electron chi connectivity index (χ1n) is 9.48. The minimum absolute atomic E-state index is 0.200. The van der Waals surface area contributed by atoms with Crippen LogP contribution in [0.4, 0.5) is 4.79 Å². The van der Waals surface area contributed by atoms with Crippen molar-refractivity contribution < 1.29 is 19.0 Å². The molecule has 1 aromatic carbocycles. The van der Waals surface area contributed by atoms with Crippen molar-refractivity contribution in [1.82, 2.24) is 10.2 Å². The maximum absolute atomic E-state index is 12.2. The molecule has 0 unspecified atom stereocenters. The predicted molar refractivity (Wildman–Crippen MR) is 99.7 cm³/mol. The summed E-state index contributed by atoms with van der Waals surface area (Å²) < 4.78 is 16.7. The van der Waals surface area contributed by atoms with Crippen LogP contribution in [0.15, 0.2) is 18.2 Å². The Morgan fingerprint density at radius 3 is 2.81 bits per heavy atom. The fraction of sp³-hybridized carbons (Fsp3) is 0.650. The molecule has 1 atom stereocenters. The first kappa shape index (κ1) is 18.8. The van der Waals surface area contributed by atoms with Gasteiger partial charge >= 0.3 is 6.09 Å². The normalized spacial score (nSPS) is 20.0. The molecule has 144 valence electrons. The Hall–Kier alpha value is -1.95. The number of ether oxygens (including phenoxy) is 3. The van der Waals surface area contributed by atoms with E-state index in [4.69, 9.17) is 14.2 Å². The molecule has 0 aliphatic carbocycles. The number of nitrogens with zero attached hydrogens (tertiary/aromatic N) is 1. The number of hydrogen-bond donors (Lipinski definition) is 1. The van der Waals surface area contributed by atoms with Gasteiger partial charge < -0.3 is 24.4 Å². The SMILES string of the molecule is CC(C)(C)OC(=O)N1CCC[C@@H](CNCc2ccc3c(c2)OCCO3)C1. The molecule has 2 aliphatic rings. The Morgan fingerprint density at radius 2 is 2.04 bits per heavy atom. The van der Waals surface area contributed by atoms with Gasteiger partial charge in [-0.1, -0.05) is 6.07 Å². The molecular weight excluding hydrogens is 332 g/mol. The van der Waals surface area contributed by atoms with Crippen LogP contribution in [0.25, 0.3) is 0 Å². The molecule has 1 aromatic rings. The van der Waals surface area contributed by atoms with Gasteiger partial charge in [-0.2, -0.15) is 0 Å². The second-order valence-corrected chi connectivity index (χ2v) is 8.04. The number of carbonyl (C=O) groups is 1. The molecule has 0 saturated carbocycles. The molecule has 3 rings (SSSR count). The van der Waals surface area contributed by atoms with Crippen LogP contribution in [-0.2, 0) is 11.3 Å². The fourth-order valence-corrected chi connectivity index (χ4v) is 3.34. The lowest BCUT2D eigenvalue weighted by atomic mass is 9.98. The Bertz CT molecular complexity index is 627. The Labute approximate surface area is 155 Å². The number of piperidine rings is 1. The van der Waals surface area contributed by atoms with Gasteiger partial charge in [0, 0.05) is 19.6 Å². The van der Waals surface area contributed by atoms with E-state index in [9.17, 15) is 4.79 Å². The van der Waals surface area contributed by atoms with E-state index in [0.29, 0.717) is 19.1 Å². The second-order valence-electron chi connectivity index (χ2n) is 8.04. The van der Waals surface area contributed by atoms with Crippen molar-refractivity contribution >= 4 is 6.09 Å². The Kier molecular flexibility index (Phi) is 5.91.